The molecule has 0 saturated carbocycles. The van der Waals surface area contributed by atoms with E-state index in [4.69, 9.17) is 4.74 Å². The summed E-state index contributed by atoms with van der Waals surface area (Å²) in [6.07, 6.45) is 1.81. The van der Waals surface area contributed by atoms with E-state index in [-0.39, 0.29) is 11.6 Å². The van der Waals surface area contributed by atoms with Gasteiger partial charge in [0.15, 0.2) is 10.1 Å². The van der Waals surface area contributed by atoms with E-state index in [0.717, 1.165) is 17.0 Å². The lowest BCUT2D eigenvalue weighted by Gasteiger charge is -2.01. The SMILES string of the molecule is COc1ccc(-c2cn3c(C(=O)Nc4nc5ccc([N+](=O)[O-])cc5s4)csc3n2)cc1. The quantitative estimate of drug-likeness (QED) is 0.302. The van der Waals surface area contributed by atoms with Crippen molar-refractivity contribution in [1.82, 2.24) is 14.4 Å². The summed E-state index contributed by atoms with van der Waals surface area (Å²) in [6.45, 7) is 0. The molecule has 0 radical (unpaired) electrons. The minimum Gasteiger partial charge on any atom is -0.497 e. The number of nitrogens with zero attached hydrogens (tertiary/aromatic N) is 4. The number of carbonyl (C=O) groups excluding carboxylic acids is 1. The molecule has 3 heterocycles. The third-order valence-electron chi connectivity index (χ3n) is 4.63. The Kier molecular flexibility index (Phi) is 4.60. The second-order valence-corrected chi connectivity index (χ2v) is 8.38. The molecule has 0 aliphatic heterocycles. The number of thiazole rings is 2. The lowest BCUT2D eigenvalue weighted by molar-refractivity contribution is -0.384. The number of carbonyl (C=O) groups is 1. The van der Waals surface area contributed by atoms with Gasteiger partial charge in [0.2, 0.25) is 0 Å². The summed E-state index contributed by atoms with van der Waals surface area (Å²) >= 11 is 2.55. The van der Waals surface area contributed by atoms with Crippen LogP contribution < -0.4 is 10.1 Å². The number of anilines is 1. The number of methoxy groups -OCH3 is 1. The molecule has 0 aliphatic rings. The molecular weight excluding hydrogens is 438 g/mol. The molecular formula is C20H13N5O4S2. The molecule has 2 aromatic carbocycles. The standard InChI is InChI=1S/C20H13N5O4S2/c1-29-13-5-2-11(3-6-13)15-9-24-16(10-30-20(24)22-15)18(26)23-19-21-14-7-4-12(25(27)28)8-17(14)31-19/h2-10H,1H3,(H,21,23,26). The Balaban J connectivity index is 1.42. The van der Waals surface area contributed by atoms with Gasteiger partial charge < -0.3 is 4.74 Å². The van der Waals surface area contributed by atoms with Gasteiger partial charge in [0.25, 0.3) is 11.6 Å². The number of nitro benzene ring substituents is 1. The normalized spacial score (nSPS) is 11.1. The van der Waals surface area contributed by atoms with Crippen LogP contribution in [0.25, 0.3) is 26.4 Å². The highest BCUT2D eigenvalue weighted by molar-refractivity contribution is 7.22. The van der Waals surface area contributed by atoms with Crippen molar-refractivity contribution in [3.8, 4) is 17.0 Å². The van der Waals surface area contributed by atoms with Crippen molar-refractivity contribution < 1.29 is 14.5 Å². The van der Waals surface area contributed by atoms with Crippen LogP contribution in [0.15, 0.2) is 54.0 Å². The molecule has 0 atom stereocenters. The molecule has 0 unspecified atom stereocenters. The Morgan fingerprint density at radius 3 is 2.74 bits per heavy atom. The fourth-order valence-corrected chi connectivity index (χ4v) is 4.84. The van der Waals surface area contributed by atoms with Crippen molar-refractivity contribution in [2.45, 2.75) is 0 Å². The second kappa shape index (κ2) is 7.45. The molecule has 9 nitrogen and oxygen atoms in total. The van der Waals surface area contributed by atoms with Gasteiger partial charge in [-0.05, 0) is 30.3 Å². The van der Waals surface area contributed by atoms with Gasteiger partial charge in [-0.2, -0.15) is 0 Å². The molecule has 0 fully saturated rings. The fraction of sp³-hybridized carbons (Fsp3) is 0.0500. The van der Waals surface area contributed by atoms with Gasteiger partial charge in [-0.1, -0.05) is 11.3 Å². The summed E-state index contributed by atoms with van der Waals surface area (Å²) in [5.41, 5.74) is 2.66. The van der Waals surface area contributed by atoms with Crippen molar-refractivity contribution in [3.63, 3.8) is 0 Å². The van der Waals surface area contributed by atoms with Crippen LogP contribution in [0.4, 0.5) is 10.8 Å². The summed E-state index contributed by atoms with van der Waals surface area (Å²) in [5, 5.41) is 15.8. The fourth-order valence-electron chi connectivity index (χ4n) is 3.09. The number of nitro groups is 1. The lowest BCUT2D eigenvalue weighted by Crippen LogP contribution is -2.13. The number of benzene rings is 2. The monoisotopic (exact) mass is 451 g/mol. The summed E-state index contributed by atoms with van der Waals surface area (Å²) in [4.78, 5) is 33.0. The van der Waals surface area contributed by atoms with Gasteiger partial charge in [0.1, 0.15) is 11.4 Å². The molecule has 1 N–H and O–H groups in total. The Labute approximate surface area is 182 Å². The molecule has 0 spiro atoms. The molecule has 11 heteroatoms. The van der Waals surface area contributed by atoms with Crippen molar-refractivity contribution in [2.24, 2.45) is 0 Å². The van der Waals surface area contributed by atoms with E-state index in [9.17, 15) is 14.9 Å². The molecule has 1 amide bonds. The number of amides is 1. The van der Waals surface area contributed by atoms with E-state index in [1.807, 2.05) is 30.5 Å². The van der Waals surface area contributed by atoms with E-state index in [1.165, 1.54) is 34.8 Å². The van der Waals surface area contributed by atoms with Crippen LogP contribution in [-0.4, -0.2) is 32.3 Å². The highest BCUT2D eigenvalue weighted by Crippen LogP contribution is 2.30. The smallest absolute Gasteiger partial charge is 0.275 e. The van der Waals surface area contributed by atoms with Crippen LogP contribution in [-0.2, 0) is 0 Å². The maximum atomic E-state index is 12.9. The van der Waals surface area contributed by atoms with Gasteiger partial charge in [0.05, 0.1) is 27.9 Å². The molecule has 5 aromatic rings. The molecule has 0 bridgehead atoms. The molecule has 5 rings (SSSR count). The van der Waals surface area contributed by atoms with Crippen LogP contribution in [0.1, 0.15) is 10.5 Å². The number of non-ortho nitro benzene ring substituents is 1. The van der Waals surface area contributed by atoms with Crippen LogP contribution in [0.3, 0.4) is 0 Å². The van der Waals surface area contributed by atoms with Crippen molar-refractivity contribution in [1.29, 1.82) is 0 Å². The average Bonchev–Trinajstić information content (AvgIpc) is 3.46. The first kappa shape index (κ1) is 19.2. The number of rotatable bonds is 5. The molecule has 3 aromatic heterocycles. The van der Waals surface area contributed by atoms with Crippen LogP contribution in [0.2, 0.25) is 0 Å². The van der Waals surface area contributed by atoms with Gasteiger partial charge >= 0.3 is 0 Å². The summed E-state index contributed by atoms with van der Waals surface area (Å²) in [7, 11) is 1.61. The largest absolute Gasteiger partial charge is 0.497 e. The Morgan fingerprint density at radius 2 is 2.00 bits per heavy atom. The first-order chi connectivity index (χ1) is 15.0. The van der Waals surface area contributed by atoms with E-state index < -0.39 is 4.92 Å². The highest BCUT2D eigenvalue weighted by atomic mass is 32.1. The third-order valence-corrected chi connectivity index (χ3v) is 6.40. The number of hydrogen-bond acceptors (Lipinski definition) is 8. The van der Waals surface area contributed by atoms with Crippen molar-refractivity contribution >= 4 is 54.6 Å². The van der Waals surface area contributed by atoms with Crippen LogP contribution in [0, 0.1) is 10.1 Å². The second-order valence-electron chi connectivity index (χ2n) is 6.51. The first-order valence-corrected chi connectivity index (χ1v) is 10.7. The number of nitrogens with one attached hydrogen (secondary N) is 1. The third kappa shape index (κ3) is 3.49. The topological polar surface area (TPSA) is 112 Å². The maximum Gasteiger partial charge on any atom is 0.275 e. The summed E-state index contributed by atoms with van der Waals surface area (Å²) in [5.74, 6) is 0.421. The first-order valence-electron chi connectivity index (χ1n) is 8.99. The van der Waals surface area contributed by atoms with Gasteiger partial charge in [0, 0.05) is 29.3 Å². The number of ether oxygens (including phenoxy) is 1. The molecule has 0 saturated heterocycles. The number of hydrogen-bond donors (Lipinski definition) is 1. The molecule has 31 heavy (non-hydrogen) atoms. The van der Waals surface area contributed by atoms with Gasteiger partial charge in [-0.3, -0.25) is 24.6 Å². The zero-order valence-electron chi connectivity index (χ0n) is 15.9. The van der Waals surface area contributed by atoms with Crippen LogP contribution >= 0.6 is 22.7 Å². The minimum absolute atomic E-state index is 0.0157. The zero-order valence-corrected chi connectivity index (χ0v) is 17.6. The van der Waals surface area contributed by atoms with Gasteiger partial charge in [-0.25, -0.2) is 9.97 Å². The number of aromatic nitrogens is 3. The Bertz CT molecular complexity index is 1450. The minimum atomic E-state index is -0.459. The summed E-state index contributed by atoms with van der Waals surface area (Å²) in [6, 6.07) is 11.9. The Morgan fingerprint density at radius 1 is 1.19 bits per heavy atom. The van der Waals surface area contributed by atoms with Crippen molar-refractivity contribution in [3.05, 3.63) is 69.8 Å². The highest BCUT2D eigenvalue weighted by Gasteiger charge is 2.18. The maximum absolute atomic E-state index is 12.9. The van der Waals surface area contributed by atoms with E-state index in [1.54, 1.807) is 23.0 Å². The summed E-state index contributed by atoms with van der Waals surface area (Å²) < 4.78 is 7.54. The zero-order chi connectivity index (χ0) is 21.5. The van der Waals surface area contributed by atoms with E-state index in [0.29, 0.717) is 26.0 Å². The Hall–Kier alpha value is -3.83. The van der Waals surface area contributed by atoms with Crippen LogP contribution in [0.5, 0.6) is 5.75 Å². The number of imidazole rings is 1. The van der Waals surface area contributed by atoms with Crippen molar-refractivity contribution in [2.75, 3.05) is 12.4 Å². The van der Waals surface area contributed by atoms with Gasteiger partial charge in [-0.15, -0.1) is 11.3 Å². The predicted octanol–water partition coefficient (Wildman–Crippen LogP) is 4.84. The molecule has 154 valence electrons. The lowest BCUT2D eigenvalue weighted by atomic mass is 10.2. The van der Waals surface area contributed by atoms with E-state index in [2.05, 4.69) is 15.3 Å². The molecule has 0 aliphatic carbocycles. The number of fused-ring (bicyclic) bond motifs is 2. The average molecular weight is 451 g/mol. The predicted molar refractivity (Wildman–Crippen MR) is 119 cm³/mol. The van der Waals surface area contributed by atoms with E-state index >= 15 is 0 Å².